The number of benzene rings is 1. The maximum Gasteiger partial charge on any atom is 0.255 e. The van der Waals surface area contributed by atoms with E-state index in [4.69, 9.17) is 0 Å². The van der Waals surface area contributed by atoms with E-state index in [1.807, 2.05) is 39.2 Å². The van der Waals surface area contributed by atoms with Gasteiger partial charge in [0.05, 0.1) is 5.69 Å². The van der Waals surface area contributed by atoms with Gasteiger partial charge in [-0.05, 0) is 57.7 Å². The zero-order valence-electron chi connectivity index (χ0n) is 17.2. The monoisotopic (exact) mass is 342 g/mol. The number of hydrogen-bond acceptors (Lipinski definition) is 2. The topological polar surface area (TPSA) is 34.0 Å². The third-order valence-corrected chi connectivity index (χ3v) is 4.51. The number of aromatic nitrogens is 1. The average molecular weight is 343 g/mol. The second kappa shape index (κ2) is 9.45. The molecule has 25 heavy (non-hydrogen) atoms. The van der Waals surface area contributed by atoms with Crippen LogP contribution in [0.1, 0.15) is 62.1 Å². The molecule has 2 aromatic rings. The number of fused-ring (bicyclic) bond motifs is 1. The molecule has 0 spiro atoms. The van der Waals surface area contributed by atoms with E-state index in [1.54, 1.807) is 0 Å². The highest BCUT2D eigenvalue weighted by Crippen LogP contribution is 2.29. The van der Waals surface area contributed by atoms with Crippen molar-refractivity contribution in [1.29, 1.82) is 0 Å². The van der Waals surface area contributed by atoms with Crippen LogP contribution in [0, 0.1) is 27.7 Å². The predicted molar refractivity (Wildman–Crippen MR) is 110 cm³/mol. The van der Waals surface area contributed by atoms with Crippen LogP contribution in [0.4, 0.5) is 11.4 Å². The van der Waals surface area contributed by atoms with Crippen LogP contribution < -0.4 is 10.9 Å². The van der Waals surface area contributed by atoms with Crippen molar-refractivity contribution in [2.75, 3.05) is 5.32 Å². The van der Waals surface area contributed by atoms with E-state index in [9.17, 15) is 4.79 Å². The fraction of sp³-hybridized carbons (Fsp3) is 0.500. The Balaban J connectivity index is 0.000000730. The molecular weight excluding hydrogens is 308 g/mol. The van der Waals surface area contributed by atoms with Crippen molar-refractivity contribution in [3.63, 3.8) is 0 Å². The lowest BCUT2D eigenvalue weighted by Gasteiger charge is -2.18. The summed E-state index contributed by atoms with van der Waals surface area (Å²) in [5.41, 5.74) is 7.89. The molecule has 0 radical (unpaired) electrons. The SMILES string of the molecule is CC.CC.Cc1ccc(Nc2c(C)c3n(c(=O)c2C)CCC3)c(C)c1. The number of aryl methyl sites for hydroxylation is 2. The quantitative estimate of drug-likeness (QED) is 0.745. The molecule has 1 aromatic heterocycles. The first-order valence-corrected chi connectivity index (χ1v) is 9.56. The summed E-state index contributed by atoms with van der Waals surface area (Å²) in [5, 5.41) is 3.49. The third kappa shape index (κ3) is 4.33. The Bertz CT molecular complexity index is 773. The second-order valence-corrected chi connectivity index (χ2v) is 6.08. The molecule has 0 atom stereocenters. The lowest BCUT2D eigenvalue weighted by molar-refractivity contribution is 0.715. The van der Waals surface area contributed by atoms with Gasteiger partial charge in [0.25, 0.3) is 5.56 Å². The molecule has 3 nitrogen and oxygen atoms in total. The normalized spacial score (nSPS) is 11.7. The Morgan fingerprint density at radius 2 is 1.60 bits per heavy atom. The van der Waals surface area contributed by atoms with Gasteiger partial charge in [0.1, 0.15) is 0 Å². The molecule has 138 valence electrons. The number of hydrogen-bond donors (Lipinski definition) is 1. The van der Waals surface area contributed by atoms with Crippen molar-refractivity contribution in [3.8, 4) is 0 Å². The number of anilines is 2. The lowest BCUT2D eigenvalue weighted by Crippen LogP contribution is -2.24. The molecule has 0 bridgehead atoms. The Hall–Kier alpha value is -2.03. The van der Waals surface area contributed by atoms with Crippen molar-refractivity contribution in [1.82, 2.24) is 4.57 Å². The summed E-state index contributed by atoms with van der Waals surface area (Å²) in [6.07, 6.45) is 2.07. The molecule has 1 aromatic carbocycles. The molecular formula is C22H34N2O. The van der Waals surface area contributed by atoms with Crippen LogP contribution in [0.15, 0.2) is 23.0 Å². The molecule has 1 aliphatic rings. The molecule has 3 heteroatoms. The van der Waals surface area contributed by atoms with E-state index in [0.29, 0.717) is 0 Å². The highest BCUT2D eigenvalue weighted by atomic mass is 16.1. The molecule has 2 heterocycles. The summed E-state index contributed by atoms with van der Waals surface area (Å²) < 4.78 is 1.94. The van der Waals surface area contributed by atoms with E-state index >= 15 is 0 Å². The number of rotatable bonds is 2. The summed E-state index contributed by atoms with van der Waals surface area (Å²) in [6, 6.07) is 6.35. The Labute approximate surface area is 153 Å². The van der Waals surface area contributed by atoms with Gasteiger partial charge in [-0.1, -0.05) is 45.4 Å². The highest BCUT2D eigenvalue weighted by molar-refractivity contribution is 5.69. The van der Waals surface area contributed by atoms with E-state index in [-0.39, 0.29) is 5.56 Å². The number of nitrogens with zero attached hydrogens (tertiary/aromatic N) is 1. The maximum absolute atomic E-state index is 12.5. The van der Waals surface area contributed by atoms with Crippen LogP contribution >= 0.6 is 0 Å². The fourth-order valence-corrected chi connectivity index (χ4v) is 3.30. The van der Waals surface area contributed by atoms with Gasteiger partial charge < -0.3 is 9.88 Å². The third-order valence-electron chi connectivity index (χ3n) is 4.51. The molecule has 1 N–H and O–H groups in total. The number of nitrogens with one attached hydrogen (secondary N) is 1. The molecule has 3 rings (SSSR count). The summed E-state index contributed by atoms with van der Waals surface area (Å²) >= 11 is 0. The largest absolute Gasteiger partial charge is 0.355 e. The van der Waals surface area contributed by atoms with Gasteiger partial charge >= 0.3 is 0 Å². The van der Waals surface area contributed by atoms with Crippen molar-refractivity contribution >= 4 is 11.4 Å². The first kappa shape index (κ1) is 21.0. The molecule has 0 unspecified atom stereocenters. The van der Waals surface area contributed by atoms with Gasteiger partial charge in [-0.15, -0.1) is 0 Å². The van der Waals surface area contributed by atoms with Crippen LogP contribution in [0.5, 0.6) is 0 Å². The van der Waals surface area contributed by atoms with Crippen LogP contribution in [0.25, 0.3) is 0 Å². The van der Waals surface area contributed by atoms with Crippen molar-refractivity contribution in [2.24, 2.45) is 0 Å². The zero-order valence-corrected chi connectivity index (χ0v) is 17.2. The van der Waals surface area contributed by atoms with Crippen molar-refractivity contribution in [3.05, 3.63) is 56.5 Å². The summed E-state index contributed by atoms with van der Waals surface area (Å²) in [6.45, 7) is 17.1. The summed E-state index contributed by atoms with van der Waals surface area (Å²) in [7, 11) is 0. The van der Waals surface area contributed by atoms with Gasteiger partial charge in [0, 0.05) is 23.5 Å². The molecule has 1 aliphatic heterocycles. The number of pyridine rings is 1. The van der Waals surface area contributed by atoms with Crippen LogP contribution in [-0.2, 0) is 13.0 Å². The molecule has 0 amide bonds. The standard InChI is InChI=1S/C18H22N2O.2C2H6/c1-11-7-8-15(12(2)10-11)19-17-13(3)16-6-5-9-20(16)18(21)14(17)4;2*1-2/h7-8,10,19H,5-6,9H2,1-4H3;2*1-2H3. The van der Waals surface area contributed by atoms with Crippen molar-refractivity contribution < 1.29 is 0 Å². The van der Waals surface area contributed by atoms with Crippen LogP contribution in [0.2, 0.25) is 0 Å². The van der Waals surface area contributed by atoms with E-state index in [1.165, 1.54) is 22.4 Å². The van der Waals surface area contributed by atoms with Crippen molar-refractivity contribution in [2.45, 2.75) is 74.8 Å². The van der Waals surface area contributed by atoms with Gasteiger partial charge in [-0.3, -0.25) is 4.79 Å². The van der Waals surface area contributed by atoms with Gasteiger partial charge in [0.15, 0.2) is 0 Å². The average Bonchev–Trinajstić information content (AvgIpc) is 3.12. The summed E-state index contributed by atoms with van der Waals surface area (Å²) in [4.78, 5) is 12.5. The minimum atomic E-state index is 0.153. The molecule has 0 saturated heterocycles. The first-order valence-electron chi connectivity index (χ1n) is 9.56. The maximum atomic E-state index is 12.5. The van der Waals surface area contributed by atoms with Gasteiger partial charge in [0.2, 0.25) is 0 Å². The minimum absolute atomic E-state index is 0.153. The molecule has 0 saturated carbocycles. The van der Waals surface area contributed by atoms with E-state index < -0.39 is 0 Å². The summed E-state index contributed by atoms with van der Waals surface area (Å²) in [5.74, 6) is 0. The second-order valence-electron chi connectivity index (χ2n) is 6.08. The predicted octanol–water partition coefficient (Wildman–Crippen LogP) is 5.82. The molecule has 0 fully saturated rings. The smallest absolute Gasteiger partial charge is 0.255 e. The Kier molecular flexibility index (Phi) is 7.95. The molecule has 0 aliphatic carbocycles. The highest BCUT2D eigenvalue weighted by Gasteiger charge is 2.20. The van der Waals surface area contributed by atoms with Gasteiger partial charge in [-0.2, -0.15) is 0 Å². The Morgan fingerprint density at radius 1 is 0.960 bits per heavy atom. The van der Waals surface area contributed by atoms with E-state index in [2.05, 4.69) is 44.3 Å². The fourth-order valence-electron chi connectivity index (χ4n) is 3.30. The van der Waals surface area contributed by atoms with E-state index in [0.717, 1.165) is 36.3 Å². The lowest BCUT2D eigenvalue weighted by atomic mass is 10.1. The van der Waals surface area contributed by atoms with Gasteiger partial charge in [-0.25, -0.2) is 0 Å². The Morgan fingerprint density at radius 3 is 2.20 bits per heavy atom. The first-order chi connectivity index (χ1) is 12.0. The zero-order chi connectivity index (χ0) is 19.1. The minimum Gasteiger partial charge on any atom is -0.355 e. The van der Waals surface area contributed by atoms with Crippen LogP contribution in [0.3, 0.4) is 0 Å². The van der Waals surface area contributed by atoms with Crippen LogP contribution in [-0.4, -0.2) is 4.57 Å².